The predicted molar refractivity (Wildman–Crippen MR) is 75.1 cm³/mol. The minimum atomic E-state index is -1.13. The summed E-state index contributed by atoms with van der Waals surface area (Å²) in [5, 5.41) is 0.453. The summed E-state index contributed by atoms with van der Waals surface area (Å²) >= 11 is 6.02. The maximum Gasteiger partial charge on any atom is 0.0587 e. The monoisotopic (exact) mass is 280 g/mol. The molecule has 0 fully saturated rings. The van der Waals surface area contributed by atoms with Crippen LogP contribution in [0.5, 0.6) is 0 Å². The Morgan fingerprint density at radius 3 is 2.78 bits per heavy atom. The fourth-order valence-electron chi connectivity index (χ4n) is 1.55. The zero-order chi connectivity index (χ0) is 13.0. The summed E-state index contributed by atoms with van der Waals surface area (Å²) in [6.07, 6.45) is 2.39. The maximum absolute atomic E-state index is 12.1. The van der Waals surface area contributed by atoms with Gasteiger partial charge in [-0.2, -0.15) is 0 Å². The summed E-state index contributed by atoms with van der Waals surface area (Å²) in [5.74, 6) is 0.501. The van der Waals surface area contributed by atoms with Crippen LogP contribution in [0.15, 0.2) is 47.5 Å². The summed E-state index contributed by atoms with van der Waals surface area (Å²) in [5.41, 5.74) is 7.10. The molecule has 1 atom stereocenters. The molecule has 0 aliphatic heterocycles. The van der Waals surface area contributed by atoms with Gasteiger partial charge in [-0.1, -0.05) is 17.7 Å². The van der Waals surface area contributed by atoms with Gasteiger partial charge in [-0.05, 0) is 30.3 Å². The summed E-state index contributed by atoms with van der Waals surface area (Å²) < 4.78 is 12.1. The second kappa shape index (κ2) is 5.98. The topological polar surface area (TPSA) is 56.0 Å². The summed E-state index contributed by atoms with van der Waals surface area (Å²) in [4.78, 5) is 4.82. The third-order valence-corrected chi connectivity index (χ3v) is 4.32. The smallest absolute Gasteiger partial charge is 0.0587 e. The number of pyridine rings is 1. The number of rotatable bonds is 4. The molecule has 0 bridgehead atoms. The van der Waals surface area contributed by atoms with Crippen molar-refractivity contribution in [3.05, 3.63) is 53.3 Å². The van der Waals surface area contributed by atoms with E-state index >= 15 is 0 Å². The van der Waals surface area contributed by atoms with Gasteiger partial charge in [-0.3, -0.25) is 9.19 Å². The molecule has 0 amide bonds. The van der Waals surface area contributed by atoms with E-state index in [1.54, 1.807) is 24.4 Å². The van der Waals surface area contributed by atoms with Crippen LogP contribution in [-0.2, 0) is 17.2 Å². The van der Waals surface area contributed by atoms with Crippen molar-refractivity contribution >= 4 is 28.1 Å². The zero-order valence-electron chi connectivity index (χ0n) is 9.67. The normalized spacial score (nSPS) is 12.3. The first-order valence-electron chi connectivity index (χ1n) is 5.50. The number of benzene rings is 1. The molecular weight excluding hydrogens is 268 g/mol. The lowest BCUT2D eigenvalue weighted by atomic mass is 10.3. The van der Waals surface area contributed by atoms with Crippen LogP contribution in [0.25, 0.3) is 0 Å². The van der Waals surface area contributed by atoms with E-state index in [1.165, 1.54) is 0 Å². The van der Waals surface area contributed by atoms with Gasteiger partial charge in [0, 0.05) is 29.8 Å². The number of nitrogens with zero attached hydrogens (tertiary/aromatic N) is 1. The van der Waals surface area contributed by atoms with Crippen molar-refractivity contribution in [1.29, 1.82) is 0 Å². The van der Waals surface area contributed by atoms with Crippen LogP contribution in [-0.4, -0.2) is 14.9 Å². The largest absolute Gasteiger partial charge is 0.399 e. The molecule has 1 aromatic heterocycles. The quantitative estimate of drug-likeness (QED) is 0.876. The average molecular weight is 281 g/mol. The first-order valence-corrected chi connectivity index (χ1v) is 7.20. The molecule has 2 N–H and O–H groups in total. The second-order valence-corrected chi connectivity index (χ2v) is 5.76. The highest BCUT2D eigenvalue weighted by Gasteiger charge is 2.09. The molecule has 18 heavy (non-hydrogen) atoms. The van der Waals surface area contributed by atoms with Crippen molar-refractivity contribution in [2.24, 2.45) is 0 Å². The first-order chi connectivity index (χ1) is 8.66. The van der Waals surface area contributed by atoms with Crippen LogP contribution in [0.2, 0.25) is 5.02 Å². The van der Waals surface area contributed by atoms with Crippen LogP contribution < -0.4 is 5.73 Å². The molecule has 0 saturated carbocycles. The molecule has 1 aromatic carbocycles. The molecule has 3 nitrogen and oxygen atoms in total. The van der Waals surface area contributed by atoms with Crippen LogP contribution >= 0.6 is 11.6 Å². The Labute approximate surface area is 113 Å². The molecule has 0 radical (unpaired) electrons. The average Bonchev–Trinajstić information content (AvgIpc) is 2.37. The third-order valence-electron chi connectivity index (χ3n) is 2.47. The summed E-state index contributed by atoms with van der Waals surface area (Å²) in [6.45, 7) is 0. The Bertz CT molecular complexity index is 560. The van der Waals surface area contributed by atoms with Crippen LogP contribution in [0, 0.1) is 0 Å². The molecule has 0 saturated heterocycles. The van der Waals surface area contributed by atoms with E-state index in [0.29, 0.717) is 27.8 Å². The van der Waals surface area contributed by atoms with E-state index in [2.05, 4.69) is 4.98 Å². The van der Waals surface area contributed by atoms with Gasteiger partial charge in [0.25, 0.3) is 0 Å². The maximum atomic E-state index is 12.1. The molecule has 1 unspecified atom stereocenters. The van der Waals surface area contributed by atoms with Crippen molar-refractivity contribution in [3.8, 4) is 0 Å². The van der Waals surface area contributed by atoms with Gasteiger partial charge in [0.1, 0.15) is 0 Å². The Kier molecular flexibility index (Phi) is 4.33. The van der Waals surface area contributed by atoms with E-state index in [1.807, 2.05) is 18.2 Å². The van der Waals surface area contributed by atoms with Crippen LogP contribution in [0.3, 0.4) is 0 Å². The SMILES string of the molecule is Nc1ccc(S(=O)CCc2ccccn2)c(Cl)c1. The van der Waals surface area contributed by atoms with Gasteiger partial charge in [-0.25, -0.2) is 0 Å². The van der Waals surface area contributed by atoms with Crippen LogP contribution in [0.4, 0.5) is 5.69 Å². The van der Waals surface area contributed by atoms with Gasteiger partial charge >= 0.3 is 0 Å². The lowest BCUT2D eigenvalue weighted by Crippen LogP contribution is -2.03. The lowest BCUT2D eigenvalue weighted by Gasteiger charge is -2.05. The Morgan fingerprint density at radius 1 is 1.28 bits per heavy atom. The van der Waals surface area contributed by atoms with E-state index in [-0.39, 0.29) is 0 Å². The van der Waals surface area contributed by atoms with Crippen molar-refractivity contribution in [2.45, 2.75) is 11.3 Å². The highest BCUT2D eigenvalue weighted by molar-refractivity contribution is 7.85. The van der Waals surface area contributed by atoms with Gasteiger partial charge in [0.05, 0.1) is 20.7 Å². The zero-order valence-corrected chi connectivity index (χ0v) is 11.2. The molecule has 2 rings (SSSR count). The second-order valence-electron chi connectivity index (χ2n) is 3.81. The molecule has 5 heteroatoms. The van der Waals surface area contributed by atoms with E-state index in [4.69, 9.17) is 17.3 Å². The molecule has 0 aliphatic rings. The van der Waals surface area contributed by atoms with E-state index in [0.717, 1.165) is 5.69 Å². The lowest BCUT2D eigenvalue weighted by molar-refractivity contribution is 0.682. The predicted octanol–water partition coefficient (Wildman–Crippen LogP) is 2.67. The van der Waals surface area contributed by atoms with Crippen molar-refractivity contribution < 1.29 is 4.21 Å². The fourth-order valence-corrected chi connectivity index (χ4v) is 3.11. The number of hydrogen-bond donors (Lipinski definition) is 1. The number of halogens is 1. The molecule has 0 spiro atoms. The molecule has 2 aromatic rings. The number of anilines is 1. The van der Waals surface area contributed by atoms with Gasteiger partial charge in [0.2, 0.25) is 0 Å². The highest BCUT2D eigenvalue weighted by atomic mass is 35.5. The van der Waals surface area contributed by atoms with Crippen molar-refractivity contribution in [2.75, 3.05) is 11.5 Å². The number of aromatic nitrogens is 1. The number of hydrogen-bond acceptors (Lipinski definition) is 3. The van der Waals surface area contributed by atoms with Crippen molar-refractivity contribution in [3.63, 3.8) is 0 Å². The molecular formula is C13H13ClN2OS. The summed E-state index contributed by atoms with van der Waals surface area (Å²) in [7, 11) is -1.13. The fraction of sp³-hybridized carbons (Fsp3) is 0.154. The minimum absolute atomic E-state index is 0.453. The Morgan fingerprint density at radius 2 is 2.11 bits per heavy atom. The standard InChI is InChI=1S/C13H13ClN2OS/c14-12-9-10(15)4-5-13(12)18(17)8-6-11-3-1-2-7-16-11/h1-5,7,9H,6,8,15H2. The number of nitrogen functional groups attached to an aromatic ring is 1. The van der Waals surface area contributed by atoms with Gasteiger partial charge in [0.15, 0.2) is 0 Å². The van der Waals surface area contributed by atoms with Gasteiger partial charge in [-0.15, -0.1) is 0 Å². The number of nitrogens with two attached hydrogens (primary N) is 1. The molecule has 0 aliphatic carbocycles. The van der Waals surface area contributed by atoms with Gasteiger partial charge < -0.3 is 5.73 Å². The van der Waals surface area contributed by atoms with Crippen molar-refractivity contribution in [1.82, 2.24) is 4.98 Å². The Hall–Kier alpha value is -1.39. The van der Waals surface area contributed by atoms with Crippen LogP contribution in [0.1, 0.15) is 5.69 Å². The number of aryl methyl sites for hydroxylation is 1. The summed E-state index contributed by atoms with van der Waals surface area (Å²) in [6, 6.07) is 10.7. The minimum Gasteiger partial charge on any atom is -0.399 e. The van der Waals surface area contributed by atoms with E-state index < -0.39 is 10.8 Å². The molecule has 1 heterocycles. The highest BCUT2D eigenvalue weighted by Crippen LogP contribution is 2.22. The first kappa shape index (κ1) is 13.1. The molecule has 94 valence electrons. The Balaban J connectivity index is 2.04. The van der Waals surface area contributed by atoms with E-state index in [9.17, 15) is 4.21 Å². The third kappa shape index (κ3) is 3.31.